The van der Waals surface area contributed by atoms with Crippen molar-refractivity contribution in [2.75, 3.05) is 11.4 Å². The zero-order valence-corrected chi connectivity index (χ0v) is 13.5. The van der Waals surface area contributed by atoms with Crippen molar-refractivity contribution in [1.29, 1.82) is 0 Å². The Balaban J connectivity index is 1.87. The smallest absolute Gasteiger partial charge is 0.194 e. The number of nitrogens with two attached hydrogens (primary N) is 1. The van der Waals surface area contributed by atoms with Crippen molar-refractivity contribution in [3.63, 3.8) is 0 Å². The normalized spacial score (nSPS) is 18.1. The highest BCUT2D eigenvalue weighted by atomic mass is 16.4. The molecule has 3 rings (SSSR count). The molecule has 2 heterocycles. The maximum Gasteiger partial charge on any atom is 0.194 e. The Morgan fingerprint density at radius 2 is 2.18 bits per heavy atom. The second kappa shape index (κ2) is 6.53. The van der Waals surface area contributed by atoms with E-state index < -0.39 is 0 Å². The Bertz CT molecular complexity index is 635. The Morgan fingerprint density at radius 1 is 1.36 bits per heavy atom. The molecule has 4 heteroatoms. The minimum atomic E-state index is 0.200. The largest absolute Gasteiger partial charge is 0.444 e. The summed E-state index contributed by atoms with van der Waals surface area (Å²) in [7, 11) is 0. The molecule has 1 aliphatic heterocycles. The first-order valence-corrected chi connectivity index (χ1v) is 8.21. The Kier molecular flexibility index (Phi) is 4.48. The number of oxazole rings is 1. The number of anilines is 1. The fourth-order valence-electron chi connectivity index (χ4n) is 3.12. The first-order chi connectivity index (χ1) is 10.7. The minimum Gasteiger partial charge on any atom is -0.444 e. The van der Waals surface area contributed by atoms with Gasteiger partial charge in [0.1, 0.15) is 5.76 Å². The summed E-state index contributed by atoms with van der Waals surface area (Å²) >= 11 is 0. The van der Waals surface area contributed by atoms with E-state index in [4.69, 9.17) is 10.2 Å². The van der Waals surface area contributed by atoms with Gasteiger partial charge in [-0.25, -0.2) is 4.98 Å². The lowest BCUT2D eigenvalue weighted by Crippen LogP contribution is -2.36. The molecule has 4 nitrogen and oxygen atoms in total. The van der Waals surface area contributed by atoms with Gasteiger partial charge in [-0.2, -0.15) is 0 Å². The van der Waals surface area contributed by atoms with E-state index in [1.165, 1.54) is 11.3 Å². The lowest BCUT2D eigenvalue weighted by Gasteiger charge is -2.25. The third-order valence-electron chi connectivity index (χ3n) is 4.31. The van der Waals surface area contributed by atoms with Gasteiger partial charge in [-0.1, -0.05) is 25.1 Å². The number of aromatic nitrogens is 1. The molecule has 0 aliphatic carbocycles. The monoisotopic (exact) mass is 299 g/mol. The number of fused-ring (bicyclic) bond motifs is 1. The number of benzene rings is 1. The highest BCUT2D eigenvalue weighted by Crippen LogP contribution is 2.28. The van der Waals surface area contributed by atoms with Gasteiger partial charge < -0.3 is 15.1 Å². The fourth-order valence-corrected chi connectivity index (χ4v) is 3.12. The third-order valence-corrected chi connectivity index (χ3v) is 4.31. The number of aryl methyl sites for hydroxylation is 3. The van der Waals surface area contributed by atoms with Crippen LogP contribution >= 0.6 is 0 Å². The maximum atomic E-state index is 6.26. The fraction of sp³-hybridized carbons (Fsp3) is 0.500. The molecule has 0 bridgehead atoms. The van der Waals surface area contributed by atoms with Gasteiger partial charge in [-0.15, -0.1) is 0 Å². The van der Waals surface area contributed by atoms with Crippen molar-refractivity contribution in [3.05, 3.63) is 47.2 Å². The first kappa shape index (κ1) is 15.1. The summed E-state index contributed by atoms with van der Waals surface area (Å²) in [5.41, 5.74) is 9.92. The second-order valence-corrected chi connectivity index (χ2v) is 6.17. The molecule has 0 fully saturated rings. The van der Waals surface area contributed by atoms with Crippen LogP contribution in [0.3, 0.4) is 0 Å². The van der Waals surface area contributed by atoms with Gasteiger partial charge in [-0.3, -0.25) is 0 Å². The molecule has 1 atom stereocenters. The summed E-state index contributed by atoms with van der Waals surface area (Å²) in [6.07, 6.45) is 4.03. The van der Waals surface area contributed by atoms with E-state index >= 15 is 0 Å². The van der Waals surface area contributed by atoms with Crippen LogP contribution in [0.25, 0.3) is 0 Å². The summed E-state index contributed by atoms with van der Waals surface area (Å²) in [5, 5.41) is 0. The molecule has 1 aromatic carbocycles. The molecule has 22 heavy (non-hydrogen) atoms. The Hall–Kier alpha value is -1.81. The van der Waals surface area contributed by atoms with E-state index in [0.29, 0.717) is 0 Å². The second-order valence-electron chi connectivity index (χ2n) is 6.17. The Labute approximate surface area is 132 Å². The van der Waals surface area contributed by atoms with Crippen molar-refractivity contribution in [3.8, 4) is 0 Å². The summed E-state index contributed by atoms with van der Waals surface area (Å²) in [6, 6.07) is 8.79. The van der Waals surface area contributed by atoms with Crippen LogP contribution in [0.4, 0.5) is 5.69 Å². The van der Waals surface area contributed by atoms with Crippen LogP contribution in [0, 0.1) is 6.92 Å². The predicted molar refractivity (Wildman–Crippen MR) is 89.0 cm³/mol. The zero-order chi connectivity index (χ0) is 15.5. The molecule has 1 unspecified atom stereocenters. The van der Waals surface area contributed by atoms with Crippen LogP contribution in [0.5, 0.6) is 0 Å². The highest BCUT2D eigenvalue weighted by molar-refractivity contribution is 5.55. The van der Waals surface area contributed by atoms with Crippen LogP contribution in [0.15, 0.2) is 28.7 Å². The van der Waals surface area contributed by atoms with E-state index in [0.717, 1.165) is 56.1 Å². The molecule has 0 amide bonds. The van der Waals surface area contributed by atoms with Gasteiger partial charge in [0.25, 0.3) is 0 Å². The van der Waals surface area contributed by atoms with Crippen LogP contribution in [0.2, 0.25) is 0 Å². The van der Waals surface area contributed by atoms with E-state index in [9.17, 15) is 0 Å². The summed E-state index contributed by atoms with van der Waals surface area (Å²) in [4.78, 5) is 6.88. The lowest BCUT2D eigenvalue weighted by molar-refractivity contribution is 0.445. The van der Waals surface area contributed by atoms with Crippen molar-refractivity contribution in [2.24, 2.45) is 5.73 Å². The molecule has 2 N–H and O–H groups in total. The predicted octanol–water partition coefficient (Wildman–Crippen LogP) is 3.22. The molecule has 0 radical (unpaired) electrons. The van der Waals surface area contributed by atoms with Crippen molar-refractivity contribution in [2.45, 2.75) is 52.1 Å². The average Bonchev–Trinajstić information content (AvgIpc) is 2.75. The van der Waals surface area contributed by atoms with Gasteiger partial charge in [0.15, 0.2) is 5.89 Å². The van der Waals surface area contributed by atoms with Gasteiger partial charge in [0.05, 0.1) is 12.2 Å². The van der Waals surface area contributed by atoms with E-state index in [-0.39, 0.29) is 6.04 Å². The van der Waals surface area contributed by atoms with Gasteiger partial charge >= 0.3 is 0 Å². The molecular weight excluding hydrogens is 274 g/mol. The van der Waals surface area contributed by atoms with Crippen LogP contribution in [-0.2, 0) is 19.4 Å². The molecule has 118 valence electrons. The summed E-state index contributed by atoms with van der Waals surface area (Å²) in [5.74, 6) is 1.81. The SMILES string of the molecule is CCCc1nc(C)c(CN2CC(N)CCc3ccccc32)o1. The third kappa shape index (κ3) is 3.17. The summed E-state index contributed by atoms with van der Waals surface area (Å²) in [6.45, 7) is 5.78. The number of hydrogen-bond acceptors (Lipinski definition) is 4. The van der Waals surface area contributed by atoms with Crippen molar-refractivity contribution < 1.29 is 4.42 Å². The molecule has 1 aliphatic rings. The highest BCUT2D eigenvalue weighted by Gasteiger charge is 2.21. The van der Waals surface area contributed by atoms with Crippen LogP contribution < -0.4 is 10.6 Å². The van der Waals surface area contributed by atoms with Gasteiger partial charge in [0.2, 0.25) is 0 Å². The van der Waals surface area contributed by atoms with Crippen LogP contribution in [0.1, 0.15) is 42.7 Å². The lowest BCUT2D eigenvalue weighted by atomic mass is 10.1. The molecule has 0 saturated heterocycles. The molecule has 0 saturated carbocycles. The topological polar surface area (TPSA) is 55.3 Å². The van der Waals surface area contributed by atoms with Crippen LogP contribution in [-0.4, -0.2) is 17.6 Å². The summed E-state index contributed by atoms with van der Waals surface area (Å²) < 4.78 is 5.96. The van der Waals surface area contributed by atoms with Crippen molar-refractivity contribution in [1.82, 2.24) is 4.98 Å². The van der Waals surface area contributed by atoms with Crippen molar-refractivity contribution >= 4 is 5.69 Å². The van der Waals surface area contributed by atoms with Gasteiger partial charge in [-0.05, 0) is 37.8 Å². The van der Waals surface area contributed by atoms with Gasteiger partial charge in [0, 0.05) is 24.7 Å². The minimum absolute atomic E-state index is 0.200. The molecule has 1 aromatic heterocycles. The average molecular weight is 299 g/mol. The molecule has 2 aromatic rings. The maximum absolute atomic E-state index is 6.26. The van der Waals surface area contributed by atoms with E-state index in [2.05, 4.69) is 41.1 Å². The number of hydrogen-bond donors (Lipinski definition) is 1. The molecular formula is C18H25N3O. The zero-order valence-electron chi connectivity index (χ0n) is 13.5. The van der Waals surface area contributed by atoms with E-state index in [1.54, 1.807) is 0 Å². The molecule has 0 spiro atoms. The number of rotatable bonds is 4. The quantitative estimate of drug-likeness (QED) is 0.942. The van der Waals surface area contributed by atoms with E-state index in [1.807, 2.05) is 6.92 Å². The number of para-hydroxylation sites is 1. The first-order valence-electron chi connectivity index (χ1n) is 8.21. The standard InChI is InChI=1S/C18H25N3O/c1-3-6-18-20-13(2)17(22-18)12-21-11-15(19)10-9-14-7-4-5-8-16(14)21/h4-5,7-8,15H,3,6,9-12,19H2,1-2H3. The Morgan fingerprint density at radius 3 is 3.00 bits per heavy atom. The number of nitrogens with zero attached hydrogens (tertiary/aromatic N) is 2.